The number of fused-ring (bicyclic) bond motifs is 1. The number of imide groups is 1. The first-order valence-corrected chi connectivity index (χ1v) is 19.9. The van der Waals surface area contributed by atoms with Gasteiger partial charge in [0, 0.05) is 23.0 Å². The lowest BCUT2D eigenvalue weighted by Gasteiger charge is -2.55. The Hall–Kier alpha value is -1.90. The van der Waals surface area contributed by atoms with Crippen LogP contribution in [0.1, 0.15) is 176 Å². The Bertz CT molecular complexity index is 1270. The molecule has 272 valence electrons. The van der Waals surface area contributed by atoms with E-state index in [1.54, 1.807) is 39.3 Å². The number of benzene rings is 1. The second-order valence-electron chi connectivity index (χ2n) is 19.5. The maximum Gasteiger partial charge on any atom is 0.254 e. The first kappa shape index (κ1) is 40.5. The molecule has 3 nitrogen and oxygen atoms in total. The third kappa shape index (κ3) is 8.18. The third-order valence-corrected chi connectivity index (χ3v) is 10.8. The molecule has 0 spiro atoms. The molecule has 0 fully saturated rings. The van der Waals surface area contributed by atoms with Gasteiger partial charge in [0.15, 0.2) is 0 Å². The first-order valence-electron chi connectivity index (χ1n) is 19.9. The van der Waals surface area contributed by atoms with Gasteiger partial charge in [-0.2, -0.15) is 0 Å². The molecule has 1 aliphatic heterocycles. The van der Waals surface area contributed by atoms with E-state index in [9.17, 15) is 9.59 Å². The highest BCUT2D eigenvalue weighted by Gasteiger charge is 2.66. The molecule has 2 amide bonds. The van der Waals surface area contributed by atoms with E-state index in [-0.39, 0.29) is 28.7 Å². The van der Waals surface area contributed by atoms with Crippen LogP contribution in [0.4, 0.5) is 0 Å². The minimum absolute atomic E-state index is 0.115. The second kappa shape index (κ2) is 16.0. The molecule has 0 unspecified atom stereocenters. The van der Waals surface area contributed by atoms with E-state index >= 15 is 0 Å². The fourth-order valence-electron chi connectivity index (χ4n) is 10.5. The van der Waals surface area contributed by atoms with E-state index in [4.69, 9.17) is 0 Å². The summed E-state index contributed by atoms with van der Waals surface area (Å²) < 4.78 is 0. The van der Waals surface area contributed by atoms with Crippen LogP contribution in [0.25, 0.3) is 0 Å². The monoisotopic (exact) mass is 662 g/mol. The molecular formula is C45H75NO2. The van der Waals surface area contributed by atoms with Crippen LogP contribution in [0, 0.1) is 52.8 Å². The van der Waals surface area contributed by atoms with Crippen molar-refractivity contribution in [3.05, 3.63) is 45.5 Å². The molecule has 1 aromatic rings. The van der Waals surface area contributed by atoms with Crippen molar-refractivity contribution in [1.29, 1.82) is 0 Å². The van der Waals surface area contributed by atoms with Gasteiger partial charge in [-0.15, -0.1) is 0 Å². The molecule has 0 bridgehead atoms. The molecule has 3 heteroatoms. The normalized spacial score (nSPS) is 19.0. The Labute approximate surface area is 297 Å². The molecule has 1 aromatic carbocycles. The number of hydrogen-bond donors (Lipinski definition) is 0. The Morgan fingerprint density at radius 3 is 1.17 bits per heavy atom. The summed E-state index contributed by atoms with van der Waals surface area (Å²) in [6, 6.07) is -0.261. The van der Waals surface area contributed by atoms with Crippen LogP contribution >= 0.6 is 0 Å². The van der Waals surface area contributed by atoms with Crippen LogP contribution in [-0.4, -0.2) is 16.7 Å². The molecule has 0 radical (unpaired) electrons. The molecule has 0 saturated heterocycles. The number of carbonyl (C=O) groups excluding carboxylic acids is 2. The summed E-state index contributed by atoms with van der Waals surface area (Å²) in [7, 11) is 0. The van der Waals surface area contributed by atoms with Gasteiger partial charge in [-0.3, -0.25) is 14.5 Å². The molecule has 1 atom stereocenters. The molecule has 0 aromatic heterocycles. The predicted molar refractivity (Wildman–Crippen MR) is 206 cm³/mol. The van der Waals surface area contributed by atoms with Crippen molar-refractivity contribution >= 4 is 11.8 Å². The van der Waals surface area contributed by atoms with E-state index < -0.39 is 0 Å². The number of carbonyl (C=O) groups is 2. The fraction of sp³-hybridized carbons (Fsp3) is 0.778. The summed E-state index contributed by atoms with van der Waals surface area (Å²) in [5.41, 5.74) is 8.78. The van der Waals surface area contributed by atoms with E-state index in [0.717, 1.165) is 51.4 Å². The predicted octanol–water partition coefficient (Wildman–Crippen LogP) is 11.9. The Morgan fingerprint density at radius 2 is 0.812 bits per heavy atom. The molecule has 1 aliphatic carbocycles. The van der Waals surface area contributed by atoms with Crippen LogP contribution in [-0.2, 0) is 40.7 Å². The summed E-state index contributed by atoms with van der Waals surface area (Å²) >= 11 is 0. The van der Waals surface area contributed by atoms with Crippen molar-refractivity contribution < 1.29 is 9.59 Å². The third-order valence-electron chi connectivity index (χ3n) is 10.8. The maximum atomic E-state index is 14.2. The quantitative estimate of drug-likeness (QED) is 0.156. The van der Waals surface area contributed by atoms with Gasteiger partial charge in [-0.05, 0) is 132 Å². The smallest absolute Gasteiger partial charge is 0.254 e. The number of rotatable bonds is 17. The van der Waals surface area contributed by atoms with E-state index in [1.807, 2.05) is 0 Å². The van der Waals surface area contributed by atoms with E-state index in [0.29, 0.717) is 47.3 Å². The van der Waals surface area contributed by atoms with Crippen LogP contribution in [0.3, 0.4) is 0 Å². The minimum atomic E-state index is -0.271. The standard InChI is InChI=1S/C45H75NO2/c1-27(2)19-35-36(20-28(3)4)38(22-30(7)8)42-41(37(35)21-29(5)6)43(46-39(47)17-18-40(46)48)45(25-33(13)14,26-34(15)16)44(42,23-31(9)10)24-32(11)12/h17-18,27-34,43H,19-26H2,1-16H3/t43-/m1/s1. The Kier molecular flexibility index (Phi) is 13.5. The first-order chi connectivity index (χ1) is 22.2. The lowest BCUT2D eigenvalue weighted by Crippen LogP contribution is -2.53. The number of hydrogen-bond acceptors (Lipinski definition) is 2. The number of nitrogens with zero attached hydrogens (tertiary/aromatic N) is 1. The average molecular weight is 662 g/mol. The van der Waals surface area contributed by atoms with Crippen molar-refractivity contribution in [1.82, 2.24) is 4.90 Å². The minimum Gasteiger partial charge on any atom is -0.269 e. The van der Waals surface area contributed by atoms with Crippen molar-refractivity contribution in [2.24, 2.45) is 52.8 Å². The van der Waals surface area contributed by atoms with Crippen LogP contribution in [0.15, 0.2) is 12.2 Å². The maximum absolute atomic E-state index is 14.2. The largest absolute Gasteiger partial charge is 0.269 e. The van der Waals surface area contributed by atoms with Crippen molar-refractivity contribution in [2.45, 2.75) is 174 Å². The van der Waals surface area contributed by atoms with Crippen molar-refractivity contribution in [3.63, 3.8) is 0 Å². The highest BCUT2D eigenvalue weighted by atomic mass is 16.2. The van der Waals surface area contributed by atoms with Gasteiger partial charge in [0.05, 0.1) is 6.04 Å². The highest BCUT2D eigenvalue weighted by Crippen LogP contribution is 2.71. The lowest BCUT2D eigenvalue weighted by atomic mass is 9.51. The van der Waals surface area contributed by atoms with Crippen LogP contribution in [0.2, 0.25) is 0 Å². The van der Waals surface area contributed by atoms with Gasteiger partial charge in [0.1, 0.15) is 0 Å². The van der Waals surface area contributed by atoms with Crippen molar-refractivity contribution in [2.75, 3.05) is 0 Å². The van der Waals surface area contributed by atoms with Gasteiger partial charge in [-0.25, -0.2) is 0 Å². The summed E-state index contributed by atoms with van der Waals surface area (Å²) in [5, 5.41) is 0. The fourth-order valence-corrected chi connectivity index (χ4v) is 10.5. The molecule has 1 heterocycles. The van der Waals surface area contributed by atoms with E-state index in [1.165, 1.54) is 11.1 Å². The topological polar surface area (TPSA) is 37.4 Å². The number of amides is 2. The average Bonchev–Trinajstić information content (AvgIpc) is 3.31. The Morgan fingerprint density at radius 1 is 0.479 bits per heavy atom. The van der Waals surface area contributed by atoms with Gasteiger partial charge in [0.25, 0.3) is 11.8 Å². The SMILES string of the molecule is CC(C)Cc1c(CC(C)C)c(CC(C)C)c2c(c1CC(C)C)[C@@H](N1C(=O)C=CC1=O)C(CC(C)C)(CC(C)C)C2(CC(C)C)CC(C)C. The lowest BCUT2D eigenvalue weighted by molar-refractivity contribution is -0.146. The Balaban J connectivity index is 2.88. The van der Waals surface area contributed by atoms with Gasteiger partial charge in [-0.1, -0.05) is 111 Å². The summed E-state index contributed by atoms with van der Waals surface area (Å²) in [4.78, 5) is 30.1. The van der Waals surface area contributed by atoms with Gasteiger partial charge >= 0.3 is 0 Å². The zero-order chi connectivity index (χ0) is 36.5. The molecule has 0 saturated carbocycles. The van der Waals surface area contributed by atoms with E-state index in [2.05, 4.69) is 111 Å². The molecular weight excluding hydrogens is 587 g/mol. The van der Waals surface area contributed by atoms with Crippen LogP contribution < -0.4 is 0 Å². The zero-order valence-corrected chi connectivity index (χ0v) is 34.3. The molecule has 48 heavy (non-hydrogen) atoms. The molecule has 0 N–H and O–H groups in total. The second-order valence-corrected chi connectivity index (χ2v) is 19.5. The van der Waals surface area contributed by atoms with Gasteiger partial charge in [0.2, 0.25) is 0 Å². The highest BCUT2D eigenvalue weighted by molar-refractivity contribution is 6.13. The van der Waals surface area contributed by atoms with Crippen molar-refractivity contribution in [3.8, 4) is 0 Å². The van der Waals surface area contributed by atoms with Gasteiger partial charge < -0.3 is 0 Å². The summed E-state index contributed by atoms with van der Waals surface area (Å²) in [5.74, 6) is 3.57. The zero-order valence-electron chi connectivity index (χ0n) is 34.3. The van der Waals surface area contributed by atoms with Crippen LogP contribution in [0.5, 0.6) is 0 Å². The summed E-state index contributed by atoms with van der Waals surface area (Å²) in [6.07, 6.45) is 11.4. The summed E-state index contributed by atoms with van der Waals surface area (Å²) in [6.45, 7) is 38.2. The molecule has 3 rings (SSSR count). The molecule has 2 aliphatic rings.